The molecule has 0 radical (unpaired) electrons. The molecule has 0 fully saturated rings. The molecule has 18 heavy (non-hydrogen) atoms. The maximum Gasteiger partial charge on any atom is 0.325 e. The van der Waals surface area contributed by atoms with Crippen molar-refractivity contribution in [2.45, 2.75) is 51.0 Å². The summed E-state index contributed by atoms with van der Waals surface area (Å²) in [5, 5.41) is 2.78. The second-order valence-corrected chi connectivity index (χ2v) is 6.49. The lowest BCUT2D eigenvalue weighted by Crippen LogP contribution is -2.36. The molecule has 1 aromatic carbocycles. The van der Waals surface area contributed by atoms with Gasteiger partial charge in [-0.05, 0) is 48.9 Å². The average molecular weight is 266 g/mol. The number of carbonyl (C=O) groups is 1. The van der Waals surface area contributed by atoms with Gasteiger partial charge in [-0.15, -0.1) is 0 Å². The third kappa shape index (κ3) is 5.00. The predicted molar refractivity (Wildman–Crippen MR) is 77.8 cm³/mol. The number of rotatable bonds is 3. The number of carbonyl (C=O) groups excluding carboxylic acids is 1. The Morgan fingerprint density at radius 2 is 1.72 bits per heavy atom. The Morgan fingerprint density at radius 1 is 1.17 bits per heavy atom. The van der Waals surface area contributed by atoms with Crippen LogP contribution in [0.25, 0.3) is 0 Å². The molecule has 0 saturated heterocycles. The third-order valence-corrected chi connectivity index (χ3v) is 3.20. The van der Waals surface area contributed by atoms with E-state index in [1.165, 1.54) is 17.5 Å². The molecule has 0 spiro atoms. The summed E-state index contributed by atoms with van der Waals surface area (Å²) in [6.45, 7) is 10.4. The monoisotopic (exact) mass is 266 g/mol. The van der Waals surface area contributed by atoms with Crippen LogP contribution in [0.4, 0.5) is 4.79 Å². The highest BCUT2D eigenvalue weighted by Gasteiger charge is 2.13. The molecule has 3 nitrogen and oxygen atoms in total. The fourth-order valence-corrected chi connectivity index (χ4v) is 1.96. The van der Waals surface area contributed by atoms with Gasteiger partial charge in [-0.25, -0.2) is 4.79 Å². The zero-order valence-corrected chi connectivity index (χ0v) is 12.5. The van der Waals surface area contributed by atoms with Crippen molar-refractivity contribution in [3.05, 3.63) is 29.8 Å². The van der Waals surface area contributed by atoms with Crippen LogP contribution >= 0.6 is 11.9 Å². The first-order valence-corrected chi connectivity index (χ1v) is 6.94. The summed E-state index contributed by atoms with van der Waals surface area (Å²) in [7, 11) is 0. The molecular formula is C14H22N2OS. The van der Waals surface area contributed by atoms with Crippen molar-refractivity contribution in [2.24, 2.45) is 0 Å². The summed E-state index contributed by atoms with van der Waals surface area (Å²) in [5.74, 6) is 0. The maximum absolute atomic E-state index is 11.4. The number of hydrogen-bond acceptors (Lipinski definition) is 2. The first-order chi connectivity index (χ1) is 8.29. The van der Waals surface area contributed by atoms with Crippen LogP contribution in [0.5, 0.6) is 0 Å². The highest BCUT2D eigenvalue weighted by atomic mass is 32.2. The fraction of sp³-hybridized carbons (Fsp3) is 0.500. The summed E-state index contributed by atoms with van der Waals surface area (Å²) in [4.78, 5) is 12.4. The molecule has 1 aromatic rings. The molecular weight excluding hydrogens is 244 g/mol. The van der Waals surface area contributed by atoms with E-state index in [2.05, 4.69) is 42.9 Å². The molecule has 0 bridgehead atoms. The summed E-state index contributed by atoms with van der Waals surface area (Å²) in [6.07, 6.45) is 0. The van der Waals surface area contributed by atoms with Gasteiger partial charge in [0.05, 0.1) is 0 Å². The van der Waals surface area contributed by atoms with Crippen LogP contribution in [0.15, 0.2) is 29.2 Å². The van der Waals surface area contributed by atoms with E-state index in [0.717, 1.165) is 4.90 Å². The van der Waals surface area contributed by atoms with E-state index in [1.807, 2.05) is 26.0 Å². The van der Waals surface area contributed by atoms with Crippen molar-refractivity contribution in [1.29, 1.82) is 0 Å². The molecule has 0 aliphatic heterocycles. The molecule has 0 saturated carbocycles. The molecule has 0 aromatic heterocycles. The smallest absolute Gasteiger partial charge is 0.325 e. The number of urea groups is 1. The van der Waals surface area contributed by atoms with Crippen molar-refractivity contribution in [3.63, 3.8) is 0 Å². The maximum atomic E-state index is 11.4. The number of nitrogens with one attached hydrogen (secondary N) is 2. The van der Waals surface area contributed by atoms with Gasteiger partial charge < -0.3 is 5.32 Å². The molecule has 0 heterocycles. The minimum Gasteiger partial charge on any atom is -0.335 e. The van der Waals surface area contributed by atoms with E-state index in [9.17, 15) is 4.79 Å². The van der Waals surface area contributed by atoms with E-state index >= 15 is 0 Å². The van der Waals surface area contributed by atoms with Crippen LogP contribution in [-0.4, -0.2) is 12.1 Å². The summed E-state index contributed by atoms with van der Waals surface area (Å²) in [6, 6.07) is 8.25. The second kappa shape index (κ2) is 6.14. The normalized spacial score (nSPS) is 11.4. The van der Waals surface area contributed by atoms with Crippen LogP contribution in [0.1, 0.15) is 40.2 Å². The summed E-state index contributed by atoms with van der Waals surface area (Å²) < 4.78 is 2.76. The highest BCUT2D eigenvalue weighted by molar-refractivity contribution is 7.98. The van der Waals surface area contributed by atoms with Crippen molar-refractivity contribution in [2.75, 3.05) is 0 Å². The topological polar surface area (TPSA) is 41.1 Å². The van der Waals surface area contributed by atoms with Gasteiger partial charge >= 0.3 is 6.03 Å². The van der Waals surface area contributed by atoms with Gasteiger partial charge in [0.25, 0.3) is 0 Å². The van der Waals surface area contributed by atoms with Crippen LogP contribution in [0, 0.1) is 0 Å². The van der Waals surface area contributed by atoms with Crippen LogP contribution in [0.3, 0.4) is 0 Å². The molecule has 4 heteroatoms. The lowest BCUT2D eigenvalue weighted by molar-refractivity contribution is 0.244. The first kappa shape index (κ1) is 14.9. The lowest BCUT2D eigenvalue weighted by atomic mass is 9.87. The quantitative estimate of drug-likeness (QED) is 0.819. The zero-order valence-electron chi connectivity index (χ0n) is 11.7. The first-order valence-electron chi connectivity index (χ1n) is 6.13. The van der Waals surface area contributed by atoms with Gasteiger partial charge in [0.2, 0.25) is 0 Å². The van der Waals surface area contributed by atoms with E-state index in [-0.39, 0.29) is 17.5 Å². The SMILES string of the molecule is CC(C)NC(=O)NSc1ccc(C(C)(C)C)cc1. The molecule has 2 N–H and O–H groups in total. The van der Waals surface area contributed by atoms with Gasteiger partial charge in [-0.1, -0.05) is 32.9 Å². The Morgan fingerprint density at radius 3 is 2.17 bits per heavy atom. The van der Waals surface area contributed by atoms with E-state index in [4.69, 9.17) is 0 Å². The molecule has 2 amide bonds. The number of benzene rings is 1. The number of hydrogen-bond donors (Lipinski definition) is 2. The van der Waals surface area contributed by atoms with E-state index in [0.29, 0.717) is 0 Å². The van der Waals surface area contributed by atoms with Crippen molar-refractivity contribution in [3.8, 4) is 0 Å². The van der Waals surface area contributed by atoms with Gasteiger partial charge in [-0.3, -0.25) is 4.72 Å². The van der Waals surface area contributed by atoms with Gasteiger partial charge in [0.1, 0.15) is 0 Å². The summed E-state index contributed by atoms with van der Waals surface area (Å²) in [5.41, 5.74) is 1.45. The van der Waals surface area contributed by atoms with Crippen molar-refractivity contribution >= 4 is 18.0 Å². The predicted octanol–water partition coefficient (Wildman–Crippen LogP) is 3.70. The minimum absolute atomic E-state index is 0.147. The van der Waals surface area contributed by atoms with Gasteiger partial charge in [-0.2, -0.15) is 0 Å². The van der Waals surface area contributed by atoms with E-state index in [1.54, 1.807) is 0 Å². The molecule has 0 aliphatic rings. The van der Waals surface area contributed by atoms with E-state index < -0.39 is 0 Å². The fourth-order valence-electron chi connectivity index (χ4n) is 1.42. The zero-order chi connectivity index (χ0) is 13.8. The van der Waals surface area contributed by atoms with Crippen LogP contribution in [-0.2, 0) is 5.41 Å². The third-order valence-electron chi connectivity index (χ3n) is 2.40. The van der Waals surface area contributed by atoms with Gasteiger partial charge in [0.15, 0.2) is 0 Å². The number of amides is 2. The summed E-state index contributed by atoms with van der Waals surface area (Å²) >= 11 is 1.33. The van der Waals surface area contributed by atoms with Crippen LogP contribution < -0.4 is 10.0 Å². The average Bonchev–Trinajstić information content (AvgIpc) is 2.25. The van der Waals surface area contributed by atoms with Crippen LogP contribution in [0.2, 0.25) is 0 Å². The van der Waals surface area contributed by atoms with Gasteiger partial charge in [0, 0.05) is 10.9 Å². The Kier molecular flexibility index (Phi) is 5.08. The minimum atomic E-state index is -0.158. The van der Waals surface area contributed by atoms with Crippen molar-refractivity contribution < 1.29 is 4.79 Å². The molecule has 100 valence electrons. The Balaban J connectivity index is 2.52. The Bertz CT molecular complexity index is 393. The Labute approximate surface area is 114 Å². The molecule has 0 unspecified atom stereocenters. The second-order valence-electron chi connectivity index (χ2n) is 5.61. The Hall–Kier alpha value is -1.16. The standard InChI is InChI=1S/C14H22N2OS/c1-10(2)15-13(17)16-18-12-8-6-11(7-9-12)14(3,4)5/h6-10H,1-5H3,(H2,15,16,17). The molecule has 1 rings (SSSR count). The lowest BCUT2D eigenvalue weighted by Gasteiger charge is -2.19. The largest absolute Gasteiger partial charge is 0.335 e. The van der Waals surface area contributed by atoms with Crippen molar-refractivity contribution in [1.82, 2.24) is 10.0 Å². The molecule has 0 aliphatic carbocycles. The molecule has 0 atom stereocenters. The highest BCUT2D eigenvalue weighted by Crippen LogP contribution is 2.24.